The lowest BCUT2D eigenvalue weighted by Gasteiger charge is -2.11. The van der Waals surface area contributed by atoms with Gasteiger partial charge in [0, 0.05) is 19.7 Å². The second-order valence-corrected chi connectivity index (χ2v) is 5.22. The zero-order chi connectivity index (χ0) is 14.9. The Bertz CT molecular complexity index is 445. The van der Waals surface area contributed by atoms with Gasteiger partial charge in [0.1, 0.15) is 5.75 Å². The number of methoxy groups -OCH3 is 1. The van der Waals surface area contributed by atoms with Gasteiger partial charge in [-0.3, -0.25) is 4.79 Å². The molecule has 2 N–H and O–H groups in total. The lowest BCUT2D eigenvalue weighted by molar-refractivity contribution is -0.120. The van der Waals surface area contributed by atoms with Crippen LogP contribution in [-0.2, 0) is 16.0 Å². The second-order valence-electron chi connectivity index (χ2n) is 5.22. The van der Waals surface area contributed by atoms with Crippen molar-refractivity contribution in [2.45, 2.75) is 25.4 Å². The number of benzene rings is 1. The number of nitrogens with one attached hydrogen (secondary N) is 2. The maximum Gasteiger partial charge on any atom is 0.233 e. The molecule has 0 bridgehead atoms. The van der Waals surface area contributed by atoms with Gasteiger partial charge >= 0.3 is 0 Å². The molecular formula is C16H24N2O3. The summed E-state index contributed by atoms with van der Waals surface area (Å²) in [5.74, 6) is 0.868. The standard InChI is InChI=1S/C16H24N2O3/c1-20-14-5-2-4-13(10-14)7-8-18-16(19)12-17-11-15-6-3-9-21-15/h2,4-5,10,15,17H,3,6-9,11-12H2,1H3,(H,18,19). The Morgan fingerprint density at radius 2 is 2.38 bits per heavy atom. The number of amides is 1. The van der Waals surface area contributed by atoms with E-state index in [1.165, 1.54) is 0 Å². The molecule has 0 aromatic heterocycles. The van der Waals surface area contributed by atoms with Crippen LogP contribution in [0.2, 0.25) is 0 Å². The number of hydrogen-bond donors (Lipinski definition) is 2. The average Bonchev–Trinajstić information content (AvgIpc) is 3.01. The highest BCUT2D eigenvalue weighted by Gasteiger charge is 2.14. The third-order valence-electron chi connectivity index (χ3n) is 3.55. The summed E-state index contributed by atoms with van der Waals surface area (Å²) in [6, 6.07) is 7.89. The summed E-state index contributed by atoms with van der Waals surface area (Å²) < 4.78 is 10.7. The fourth-order valence-electron chi connectivity index (χ4n) is 2.39. The highest BCUT2D eigenvalue weighted by molar-refractivity contribution is 5.77. The van der Waals surface area contributed by atoms with Crippen molar-refractivity contribution in [3.05, 3.63) is 29.8 Å². The third kappa shape index (κ3) is 5.73. The van der Waals surface area contributed by atoms with Gasteiger partial charge in [0.25, 0.3) is 0 Å². The van der Waals surface area contributed by atoms with Gasteiger partial charge < -0.3 is 20.1 Å². The molecule has 116 valence electrons. The smallest absolute Gasteiger partial charge is 0.233 e. The van der Waals surface area contributed by atoms with Gasteiger partial charge in [-0.25, -0.2) is 0 Å². The summed E-state index contributed by atoms with van der Waals surface area (Å²) in [5.41, 5.74) is 1.15. The van der Waals surface area contributed by atoms with Gasteiger partial charge in [0.2, 0.25) is 5.91 Å². The molecule has 2 rings (SSSR count). The molecule has 0 aliphatic carbocycles. The first-order chi connectivity index (χ1) is 10.3. The van der Waals surface area contributed by atoms with Crippen molar-refractivity contribution in [1.29, 1.82) is 0 Å². The molecule has 1 aliphatic rings. The molecule has 1 amide bonds. The van der Waals surface area contributed by atoms with Crippen molar-refractivity contribution < 1.29 is 14.3 Å². The van der Waals surface area contributed by atoms with Crippen LogP contribution in [0.15, 0.2) is 24.3 Å². The fourth-order valence-corrected chi connectivity index (χ4v) is 2.39. The highest BCUT2D eigenvalue weighted by atomic mass is 16.5. The quantitative estimate of drug-likeness (QED) is 0.754. The first-order valence-electron chi connectivity index (χ1n) is 7.50. The third-order valence-corrected chi connectivity index (χ3v) is 3.55. The predicted octanol–water partition coefficient (Wildman–Crippen LogP) is 1.12. The maximum absolute atomic E-state index is 11.7. The van der Waals surface area contributed by atoms with Crippen LogP contribution >= 0.6 is 0 Å². The van der Waals surface area contributed by atoms with E-state index < -0.39 is 0 Å². The van der Waals surface area contributed by atoms with E-state index in [1.807, 2.05) is 24.3 Å². The summed E-state index contributed by atoms with van der Waals surface area (Å²) in [5, 5.41) is 6.05. The van der Waals surface area contributed by atoms with Gasteiger partial charge in [-0.2, -0.15) is 0 Å². The van der Waals surface area contributed by atoms with E-state index in [-0.39, 0.29) is 12.0 Å². The molecular weight excluding hydrogens is 268 g/mol. The van der Waals surface area contributed by atoms with Crippen molar-refractivity contribution in [2.75, 3.05) is 33.4 Å². The molecule has 21 heavy (non-hydrogen) atoms. The fraction of sp³-hybridized carbons (Fsp3) is 0.562. The molecule has 1 aliphatic heterocycles. The molecule has 5 heteroatoms. The van der Waals surface area contributed by atoms with Gasteiger partial charge in [-0.1, -0.05) is 12.1 Å². The Morgan fingerprint density at radius 1 is 1.48 bits per heavy atom. The second kappa shape index (κ2) is 8.64. The lowest BCUT2D eigenvalue weighted by Crippen LogP contribution is -2.37. The summed E-state index contributed by atoms with van der Waals surface area (Å²) in [6.45, 7) is 2.58. The molecule has 0 saturated carbocycles. The van der Waals surface area contributed by atoms with Crippen LogP contribution in [0.5, 0.6) is 5.75 Å². The Morgan fingerprint density at radius 3 is 3.14 bits per heavy atom. The Balaban J connectivity index is 1.57. The Hall–Kier alpha value is -1.59. The highest BCUT2D eigenvalue weighted by Crippen LogP contribution is 2.12. The molecule has 1 unspecified atom stereocenters. The van der Waals surface area contributed by atoms with E-state index in [0.717, 1.165) is 43.7 Å². The molecule has 0 radical (unpaired) electrons. The predicted molar refractivity (Wildman–Crippen MR) is 81.6 cm³/mol. The van der Waals surface area contributed by atoms with Crippen LogP contribution in [0, 0.1) is 0 Å². The zero-order valence-corrected chi connectivity index (χ0v) is 12.6. The number of hydrogen-bond acceptors (Lipinski definition) is 4. The van der Waals surface area contributed by atoms with Crippen LogP contribution in [0.4, 0.5) is 0 Å². The van der Waals surface area contributed by atoms with E-state index in [4.69, 9.17) is 9.47 Å². The number of carbonyl (C=O) groups is 1. The minimum atomic E-state index is 0.0240. The number of rotatable bonds is 8. The first-order valence-corrected chi connectivity index (χ1v) is 7.50. The van der Waals surface area contributed by atoms with Gasteiger partial charge in [0.05, 0.1) is 19.8 Å². The monoisotopic (exact) mass is 292 g/mol. The van der Waals surface area contributed by atoms with E-state index in [9.17, 15) is 4.79 Å². The first kappa shape index (κ1) is 15.8. The van der Waals surface area contributed by atoms with Crippen molar-refractivity contribution in [3.8, 4) is 5.75 Å². The Labute approximate surface area is 126 Å². The molecule has 5 nitrogen and oxygen atoms in total. The van der Waals surface area contributed by atoms with Crippen molar-refractivity contribution in [1.82, 2.24) is 10.6 Å². The van der Waals surface area contributed by atoms with Crippen LogP contribution in [0.25, 0.3) is 0 Å². The van der Waals surface area contributed by atoms with Gasteiger partial charge in [-0.15, -0.1) is 0 Å². The van der Waals surface area contributed by atoms with Crippen molar-refractivity contribution >= 4 is 5.91 Å². The number of ether oxygens (including phenoxy) is 2. The maximum atomic E-state index is 11.7. The average molecular weight is 292 g/mol. The SMILES string of the molecule is COc1cccc(CCNC(=O)CNCC2CCCO2)c1. The minimum absolute atomic E-state index is 0.0240. The molecule has 1 fully saturated rings. The summed E-state index contributed by atoms with van der Waals surface area (Å²) in [4.78, 5) is 11.7. The van der Waals surface area contributed by atoms with Crippen LogP contribution in [-0.4, -0.2) is 45.4 Å². The molecule has 1 aromatic carbocycles. The summed E-state index contributed by atoms with van der Waals surface area (Å²) >= 11 is 0. The van der Waals surface area contributed by atoms with Crippen molar-refractivity contribution in [3.63, 3.8) is 0 Å². The molecule has 1 saturated heterocycles. The van der Waals surface area contributed by atoms with E-state index in [2.05, 4.69) is 10.6 Å². The lowest BCUT2D eigenvalue weighted by atomic mass is 10.1. The van der Waals surface area contributed by atoms with Crippen LogP contribution < -0.4 is 15.4 Å². The van der Waals surface area contributed by atoms with E-state index >= 15 is 0 Å². The summed E-state index contributed by atoms with van der Waals surface area (Å²) in [7, 11) is 1.65. The zero-order valence-electron chi connectivity index (χ0n) is 12.6. The van der Waals surface area contributed by atoms with Gasteiger partial charge in [0.15, 0.2) is 0 Å². The minimum Gasteiger partial charge on any atom is -0.497 e. The molecule has 0 spiro atoms. The normalized spacial score (nSPS) is 17.7. The topological polar surface area (TPSA) is 59.6 Å². The van der Waals surface area contributed by atoms with E-state index in [0.29, 0.717) is 13.1 Å². The van der Waals surface area contributed by atoms with Gasteiger partial charge in [-0.05, 0) is 37.0 Å². The Kier molecular flexibility index (Phi) is 6.50. The molecule has 1 heterocycles. The largest absolute Gasteiger partial charge is 0.497 e. The van der Waals surface area contributed by atoms with Crippen LogP contribution in [0.3, 0.4) is 0 Å². The van der Waals surface area contributed by atoms with E-state index in [1.54, 1.807) is 7.11 Å². The summed E-state index contributed by atoms with van der Waals surface area (Å²) in [6.07, 6.45) is 3.28. The van der Waals surface area contributed by atoms with Crippen LogP contribution in [0.1, 0.15) is 18.4 Å². The molecule has 1 atom stereocenters. The molecule has 1 aromatic rings. The van der Waals surface area contributed by atoms with Crippen molar-refractivity contribution in [2.24, 2.45) is 0 Å². The number of carbonyl (C=O) groups excluding carboxylic acids is 1.